The predicted octanol–water partition coefficient (Wildman–Crippen LogP) is 4.02. The number of nitrogens with one attached hydrogen (secondary N) is 1. The minimum absolute atomic E-state index is 0.0202. The molecule has 1 aromatic heterocycles. The van der Waals surface area contributed by atoms with Gasteiger partial charge in [-0.25, -0.2) is 8.42 Å². The van der Waals surface area contributed by atoms with E-state index in [0.29, 0.717) is 39.2 Å². The number of carbonyl (C=O) groups is 1. The van der Waals surface area contributed by atoms with E-state index in [4.69, 9.17) is 0 Å². The standard InChI is InChI=1S/C22H27N3O3S2/c1-14-2-4-18(5-3-14)30(27,28)7-6-19-24-25-21(29-19)23-20(26)22-11-15-8-16(12-22)10-17(9-15)13-22/h2-5,15-17H,6-13H2,1H3,(H,23,25,26). The van der Waals surface area contributed by atoms with Gasteiger partial charge in [0.15, 0.2) is 9.84 Å². The lowest BCUT2D eigenvalue weighted by Crippen LogP contribution is -2.51. The molecule has 160 valence electrons. The van der Waals surface area contributed by atoms with E-state index in [-0.39, 0.29) is 17.1 Å². The second-order valence-corrected chi connectivity index (χ2v) is 12.7. The molecule has 4 aliphatic carbocycles. The normalized spacial score (nSPS) is 29.8. The second kappa shape index (κ2) is 7.41. The third-order valence-corrected chi connectivity index (χ3v) is 9.80. The van der Waals surface area contributed by atoms with Crippen LogP contribution in [0.25, 0.3) is 0 Å². The van der Waals surface area contributed by atoms with Gasteiger partial charge in [0, 0.05) is 6.42 Å². The number of hydrogen-bond acceptors (Lipinski definition) is 6. The zero-order valence-corrected chi connectivity index (χ0v) is 18.8. The maximum Gasteiger partial charge on any atom is 0.232 e. The van der Waals surface area contributed by atoms with Crippen molar-refractivity contribution in [1.82, 2.24) is 10.2 Å². The summed E-state index contributed by atoms with van der Waals surface area (Å²) in [7, 11) is -3.37. The number of anilines is 1. The van der Waals surface area contributed by atoms with Crippen molar-refractivity contribution in [2.24, 2.45) is 23.2 Å². The molecule has 1 N–H and O–H groups in total. The number of amides is 1. The van der Waals surface area contributed by atoms with Crippen molar-refractivity contribution < 1.29 is 13.2 Å². The number of rotatable bonds is 6. The van der Waals surface area contributed by atoms with Crippen molar-refractivity contribution in [1.29, 1.82) is 0 Å². The Hall–Kier alpha value is -1.80. The van der Waals surface area contributed by atoms with Crippen molar-refractivity contribution in [3.05, 3.63) is 34.8 Å². The van der Waals surface area contributed by atoms with Gasteiger partial charge in [-0.3, -0.25) is 4.79 Å². The van der Waals surface area contributed by atoms with Crippen molar-refractivity contribution in [3.63, 3.8) is 0 Å². The van der Waals surface area contributed by atoms with Crippen LogP contribution in [-0.2, 0) is 21.1 Å². The number of nitrogens with zero attached hydrogens (tertiary/aromatic N) is 2. The number of benzene rings is 1. The van der Waals surface area contributed by atoms with Crippen LogP contribution in [-0.4, -0.2) is 30.3 Å². The number of aryl methyl sites for hydroxylation is 2. The summed E-state index contributed by atoms with van der Waals surface area (Å²) >= 11 is 1.28. The molecular formula is C22H27N3O3S2. The van der Waals surface area contributed by atoms with Crippen LogP contribution in [0.15, 0.2) is 29.2 Å². The molecule has 4 fully saturated rings. The van der Waals surface area contributed by atoms with Crippen LogP contribution in [0.4, 0.5) is 5.13 Å². The summed E-state index contributed by atoms with van der Waals surface area (Å²) in [4.78, 5) is 13.5. The van der Waals surface area contributed by atoms with Crippen molar-refractivity contribution in [2.45, 2.75) is 56.8 Å². The van der Waals surface area contributed by atoms with Gasteiger partial charge < -0.3 is 5.32 Å². The minimum Gasteiger partial charge on any atom is -0.300 e. The lowest BCUT2D eigenvalue weighted by atomic mass is 9.49. The van der Waals surface area contributed by atoms with Gasteiger partial charge in [0.25, 0.3) is 0 Å². The van der Waals surface area contributed by atoms with Crippen LogP contribution in [0.3, 0.4) is 0 Å². The van der Waals surface area contributed by atoms with Gasteiger partial charge in [0.2, 0.25) is 11.0 Å². The molecule has 0 spiro atoms. The van der Waals surface area contributed by atoms with Gasteiger partial charge in [-0.05, 0) is 75.3 Å². The second-order valence-electron chi connectivity index (χ2n) is 9.53. The van der Waals surface area contributed by atoms with Gasteiger partial charge in [-0.2, -0.15) is 0 Å². The summed E-state index contributed by atoms with van der Waals surface area (Å²) in [5, 5.41) is 12.4. The molecule has 1 heterocycles. The van der Waals surface area contributed by atoms with Crippen LogP contribution in [0.5, 0.6) is 0 Å². The summed E-state index contributed by atoms with van der Waals surface area (Å²) in [5.74, 6) is 2.20. The largest absolute Gasteiger partial charge is 0.300 e. The molecule has 6 nitrogen and oxygen atoms in total. The SMILES string of the molecule is Cc1ccc(S(=O)(=O)CCc2nnc(NC(=O)C34CC5CC(CC(C5)C3)C4)s2)cc1. The average molecular weight is 446 g/mol. The van der Waals surface area contributed by atoms with Gasteiger partial charge in [0.1, 0.15) is 5.01 Å². The molecule has 4 saturated carbocycles. The van der Waals surface area contributed by atoms with E-state index in [1.807, 2.05) is 6.92 Å². The molecule has 30 heavy (non-hydrogen) atoms. The van der Waals surface area contributed by atoms with E-state index in [1.54, 1.807) is 24.3 Å². The van der Waals surface area contributed by atoms with E-state index in [9.17, 15) is 13.2 Å². The first-order valence-corrected chi connectivity index (χ1v) is 13.2. The smallest absolute Gasteiger partial charge is 0.232 e. The molecule has 0 saturated heterocycles. The van der Waals surface area contributed by atoms with Crippen LogP contribution in [0.1, 0.15) is 49.1 Å². The van der Waals surface area contributed by atoms with Crippen LogP contribution in [0.2, 0.25) is 0 Å². The topological polar surface area (TPSA) is 89.0 Å². The molecular weight excluding hydrogens is 418 g/mol. The zero-order chi connectivity index (χ0) is 20.9. The van der Waals surface area contributed by atoms with Crippen LogP contribution >= 0.6 is 11.3 Å². The molecule has 2 aromatic rings. The highest BCUT2D eigenvalue weighted by molar-refractivity contribution is 7.91. The number of hydrogen-bond donors (Lipinski definition) is 1. The molecule has 8 heteroatoms. The Morgan fingerprint density at radius 1 is 1.07 bits per heavy atom. The fraction of sp³-hybridized carbons (Fsp3) is 0.591. The summed E-state index contributed by atoms with van der Waals surface area (Å²) in [6.07, 6.45) is 7.20. The third kappa shape index (κ3) is 3.80. The van der Waals surface area contributed by atoms with Gasteiger partial charge in [0.05, 0.1) is 16.1 Å². The molecule has 4 bridgehead atoms. The van der Waals surface area contributed by atoms with Gasteiger partial charge in [-0.15, -0.1) is 10.2 Å². The fourth-order valence-corrected chi connectivity index (χ4v) is 8.22. The highest BCUT2D eigenvalue weighted by Crippen LogP contribution is 2.60. The van der Waals surface area contributed by atoms with E-state index in [0.717, 1.165) is 24.8 Å². The number of carbonyl (C=O) groups excluding carboxylic acids is 1. The third-order valence-electron chi connectivity index (χ3n) is 7.17. The molecule has 0 unspecified atom stereocenters. The monoisotopic (exact) mass is 445 g/mol. The lowest BCUT2D eigenvalue weighted by molar-refractivity contribution is -0.140. The Morgan fingerprint density at radius 3 is 2.27 bits per heavy atom. The van der Waals surface area contributed by atoms with E-state index >= 15 is 0 Å². The highest BCUT2D eigenvalue weighted by Gasteiger charge is 2.54. The van der Waals surface area contributed by atoms with Gasteiger partial charge >= 0.3 is 0 Å². The van der Waals surface area contributed by atoms with E-state index in [1.165, 1.54) is 30.6 Å². The van der Waals surface area contributed by atoms with Crippen molar-refractivity contribution in [2.75, 3.05) is 11.1 Å². The molecule has 1 aromatic carbocycles. The first kappa shape index (κ1) is 20.1. The summed E-state index contributed by atoms with van der Waals surface area (Å²) in [6, 6.07) is 6.88. The summed E-state index contributed by atoms with van der Waals surface area (Å²) < 4.78 is 25.1. The molecule has 4 aliphatic rings. The maximum absolute atomic E-state index is 13.1. The highest BCUT2D eigenvalue weighted by atomic mass is 32.2. The number of aromatic nitrogens is 2. The number of sulfone groups is 1. The van der Waals surface area contributed by atoms with Crippen LogP contribution in [0, 0.1) is 30.1 Å². The van der Waals surface area contributed by atoms with Crippen molar-refractivity contribution >= 4 is 32.2 Å². The zero-order valence-electron chi connectivity index (χ0n) is 17.1. The van der Waals surface area contributed by atoms with Gasteiger partial charge in [-0.1, -0.05) is 29.0 Å². The molecule has 0 aliphatic heterocycles. The Kier molecular flexibility index (Phi) is 4.97. The molecule has 1 amide bonds. The Bertz CT molecular complexity index is 1020. The maximum atomic E-state index is 13.1. The first-order chi connectivity index (χ1) is 14.3. The summed E-state index contributed by atoms with van der Waals surface area (Å²) in [5.41, 5.74) is 0.799. The van der Waals surface area contributed by atoms with Crippen LogP contribution < -0.4 is 5.32 Å². The molecule has 6 rings (SSSR count). The quantitative estimate of drug-likeness (QED) is 0.725. The lowest BCUT2D eigenvalue weighted by Gasteiger charge is -2.55. The van der Waals surface area contributed by atoms with Crippen molar-refractivity contribution in [3.8, 4) is 0 Å². The van der Waals surface area contributed by atoms with E-state index in [2.05, 4.69) is 15.5 Å². The predicted molar refractivity (Wildman–Crippen MR) is 116 cm³/mol. The average Bonchev–Trinajstić information content (AvgIpc) is 3.13. The Morgan fingerprint density at radius 2 is 1.67 bits per heavy atom. The molecule has 0 radical (unpaired) electrons. The fourth-order valence-electron chi connectivity index (χ4n) is 6.11. The summed E-state index contributed by atoms with van der Waals surface area (Å²) in [6.45, 7) is 1.93. The Labute approximate surface area is 181 Å². The Balaban J connectivity index is 1.22. The first-order valence-electron chi connectivity index (χ1n) is 10.7. The minimum atomic E-state index is -3.37. The molecule has 0 atom stereocenters. The van der Waals surface area contributed by atoms with E-state index < -0.39 is 9.84 Å².